The fraction of sp³-hybridized carbons (Fsp3) is 0.350. The lowest BCUT2D eigenvalue weighted by Gasteiger charge is -2.36. The number of piperazine rings is 1. The number of benzene rings is 2. The van der Waals surface area contributed by atoms with Crippen LogP contribution in [-0.2, 0) is 11.2 Å². The number of carbonyl (C=O) groups is 1. The van der Waals surface area contributed by atoms with Crippen LogP contribution in [0.5, 0.6) is 11.5 Å². The van der Waals surface area contributed by atoms with E-state index in [9.17, 15) is 9.18 Å². The fourth-order valence-corrected chi connectivity index (χ4v) is 3.11. The summed E-state index contributed by atoms with van der Waals surface area (Å²) in [6.45, 7) is 2.86. The van der Waals surface area contributed by atoms with Crippen molar-refractivity contribution in [1.82, 2.24) is 4.90 Å². The molecular weight excluding hydrogens is 335 g/mol. The lowest BCUT2D eigenvalue weighted by atomic mass is 10.1. The third kappa shape index (κ3) is 4.07. The number of nitrogens with zero attached hydrogens (tertiary/aromatic N) is 2. The van der Waals surface area contributed by atoms with Gasteiger partial charge in [-0.25, -0.2) is 4.39 Å². The molecule has 1 amide bonds. The third-order valence-electron chi connectivity index (χ3n) is 4.64. The molecule has 0 atom stereocenters. The highest BCUT2D eigenvalue weighted by atomic mass is 19.1. The SMILES string of the molecule is COc1ccc(N2CCN(C(=O)Cc3ccc(OC)c(F)c3)CC2)cc1. The van der Waals surface area contributed by atoms with Crippen molar-refractivity contribution in [1.29, 1.82) is 0 Å². The maximum Gasteiger partial charge on any atom is 0.227 e. The highest BCUT2D eigenvalue weighted by molar-refractivity contribution is 5.79. The van der Waals surface area contributed by atoms with Gasteiger partial charge in [0.15, 0.2) is 11.6 Å². The summed E-state index contributed by atoms with van der Waals surface area (Å²) in [7, 11) is 3.07. The van der Waals surface area contributed by atoms with Crippen LogP contribution >= 0.6 is 0 Å². The number of hydrogen-bond acceptors (Lipinski definition) is 4. The number of amides is 1. The lowest BCUT2D eigenvalue weighted by molar-refractivity contribution is -0.130. The van der Waals surface area contributed by atoms with Crippen molar-refractivity contribution in [3.05, 3.63) is 53.8 Å². The van der Waals surface area contributed by atoms with Gasteiger partial charge >= 0.3 is 0 Å². The highest BCUT2D eigenvalue weighted by Gasteiger charge is 2.21. The Bertz CT molecular complexity index is 756. The molecule has 2 aromatic rings. The van der Waals surface area contributed by atoms with E-state index in [4.69, 9.17) is 9.47 Å². The van der Waals surface area contributed by atoms with Crippen molar-refractivity contribution in [2.24, 2.45) is 0 Å². The minimum atomic E-state index is -0.442. The number of halogens is 1. The number of anilines is 1. The maximum absolute atomic E-state index is 13.8. The van der Waals surface area contributed by atoms with Crippen molar-refractivity contribution in [2.75, 3.05) is 45.3 Å². The average Bonchev–Trinajstić information content (AvgIpc) is 2.68. The Labute approximate surface area is 152 Å². The lowest BCUT2D eigenvalue weighted by Crippen LogP contribution is -2.49. The Kier molecular flexibility index (Phi) is 5.61. The molecule has 138 valence electrons. The Balaban J connectivity index is 1.55. The monoisotopic (exact) mass is 358 g/mol. The number of rotatable bonds is 5. The van der Waals surface area contributed by atoms with E-state index in [0.717, 1.165) is 24.5 Å². The molecule has 2 aromatic carbocycles. The first-order valence-electron chi connectivity index (χ1n) is 8.60. The van der Waals surface area contributed by atoms with Gasteiger partial charge < -0.3 is 19.3 Å². The van der Waals surface area contributed by atoms with Gasteiger partial charge in [0.2, 0.25) is 5.91 Å². The fourth-order valence-electron chi connectivity index (χ4n) is 3.11. The summed E-state index contributed by atoms with van der Waals surface area (Å²) >= 11 is 0. The topological polar surface area (TPSA) is 42.0 Å². The van der Waals surface area contributed by atoms with Crippen molar-refractivity contribution in [3.8, 4) is 11.5 Å². The van der Waals surface area contributed by atoms with Gasteiger partial charge in [-0.3, -0.25) is 4.79 Å². The van der Waals surface area contributed by atoms with Gasteiger partial charge in [-0.2, -0.15) is 0 Å². The summed E-state index contributed by atoms with van der Waals surface area (Å²) in [5.41, 5.74) is 1.78. The number of methoxy groups -OCH3 is 2. The molecule has 0 unspecified atom stereocenters. The van der Waals surface area contributed by atoms with Crippen molar-refractivity contribution in [3.63, 3.8) is 0 Å². The van der Waals surface area contributed by atoms with Gasteiger partial charge in [0.05, 0.1) is 20.6 Å². The van der Waals surface area contributed by atoms with E-state index < -0.39 is 5.82 Å². The number of carbonyl (C=O) groups excluding carboxylic acids is 1. The Morgan fingerprint density at radius 2 is 1.69 bits per heavy atom. The van der Waals surface area contributed by atoms with E-state index in [1.54, 1.807) is 19.2 Å². The van der Waals surface area contributed by atoms with Crippen LogP contribution in [0.15, 0.2) is 42.5 Å². The summed E-state index contributed by atoms with van der Waals surface area (Å²) in [6.07, 6.45) is 0.198. The standard InChI is InChI=1S/C20H23FN2O3/c1-25-17-6-4-16(5-7-17)22-9-11-23(12-10-22)20(24)14-15-3-8-19(26-2)18(21)13-15/h3-8,13H,9-12,14H2,1-2H3. The Hall–Kier alpha value is -2.76. The second kappa shape index (κ2) is 8.08. The van der Waals surface area contributed by atoms with E-state index in [2.05, 4.69) is 4.90 Å². The zero-order valence-electron chi connectivity index (χ0n) is 15.1. The molecule has 0 N–H and O–H groups in total. The predicted molar refractivity (Wildman–Crippen MR) is 98.4 cm³/mol. The van der Waals surface area contributed by atoms with Gasteiger partial charge in [-0.05, 0) is 42.0 Å². The molecule has 0 radical (unpaired) electrons. The number of ether oxygens (including phenoxy) is 2. The van der Waals surface area contributed by atoms with E-state index in [1.807, 2.05) is 29.2 Å². The molecule has 5 nitrogen and oxygen atoms in total. The molecule has 0 aromatic heterocycles. The smallest absolute Gasteiger partial charge is 0.227 e. The molecule has 6 heteroatoms. The summed E-state index contributed by atoms with van der Waals surface area (Å²) in [5, 5.41) is 0. The van der Waals surface area contributed by atoms with Gasteiger partial charge in [-0.1, -0.05) is 6.07 Å². The molecule has 3 rings (SSSR count). The molecule has 0 spiro atoms. The van der Waals surface area contributed by atoms with Crippen LogP contribution < -0.4 is 14.4 Å². The van der Waals surface area contributed by atoms with E-state index in [0.29, 0.717) is 18.7 Å². The minimum absolute atomic E-state index is 0.0175. The molecule has 0 saturated carbocycles. The molecular formula is C20H23FN2O3. The normalized spacial score (nSPS) is 14.3. The Morgan fingerprint density at radius 3 is 2.27 bits per heavy atom. The zero-order chi connectivity index (χ0) is 18.5. The van der Waals surface area contributed by atoms with Gasteiger partial charge in [-0.15, -0.1) is 0 Å². The van der Waals surface area contributed by atoms with Crippen LogP contribution in [0.2, 0.25) is 0 Å². The first kappa shape index (κ1) is 18.0. The molecule has 0 bridgehead atoms. The van der Waals surface area contributed by atoms with Crippen molar-refractivity contribution >= 4 is 11.6 Å². The van der Waals surface area contributed by atoms with Crippen molar-refractivity contribution in [2.45, 2.75) is 6.42 Å². The largest absolute Gasteiger partial charge is 0.497 e. The van der Waals surface area contributed by atoms with Gasteiger partial charge in [0.1, 0.15) is 5.75 Å². The maximum atomic E-state index is 13.8. The summed E-state index contributed by atoms with van der Waals surface area (Å²) in [4.78, 5) is 16.6. The molecule has 1 aliphatic rings. The number of hydrogen-bond donors (Lipinski definition) is 0. The van der Waals surface area contributed by atoms with Gasteiger partial charge in [0.25, 0.3) is 0 Å². The van der Waals surface area contributed by atoms with E-state index in [-0.39, 0.29) is 18.1 Å². The van der Waals surface area contributed by atoms with Crippen molar-refractivity contribution < 1.29 is 18.7 Å². The molecule has 1 fully saturated rings. The first-order valence-corrected chi connectivity index (χ1v) is 8.60. The highest BCUT2D eigenvalue weighted by Crippen LogP contribution is 2.21. The van der Waals surface area contributed by atoms with Crippen LogP contribution in [0, 0.1) is 5.82 Å². The van der Waals surface area contributed by atoms with Crippen LogP contribution in [0.4, 0.5) is 10.1 Å². The summed E-state index contributed by atoms with van der Waals surface area (Å²) < 4.78 is 23.9. The second-order valence-corrected chi connectivity index (χ2v) is 6.21. The average molecular weight is 358 g/mol. The third-order valence-corrected chi connectivity index (χ3v) is 4.64. The summed E-state index contributed by atoms with van der Waals surface area (Å²) in [6, 6.07) is 12.6. The van der Waals surface area contributed by atoms with E-state index >= 15 is 0 Å². The first-order chi connectivity index (χ1) is 12.6. The zero-order valence-corrected chi connectivity index (χ0v) is 15.1. The molecule has 1 saturated heterocycles. The minimum Gasteiger partial charge on any atom is -0.497 e. The summed E-state index contributed by atoms with van der Waals surface area (Å²) in [5.74, 6) is 0.592. The van der Waals surface area contributed by atoms with Gasteiger partial charge in [0, 0.05) is 31.9 Å². The molecule has 26 heavy (non-hydrogen) atoms. The molecule has 1 heterocycles. The van der Waals surface area contributed by atoms with Crippen LogP contribution in [0.25, 0.3) is 0 Å². The van der Waals surface area contributed by atoms with Crippen LogP contribution in [-0.4, -0.2) is 51.2 Å². The van der Waals surface area contributed by atoms with Crippen LogP contribution in [0.3, 0.4) is 0 Å². The van der Waals surface area contributed by atoms with E-state index in [1.165, 1.54) is 13.2 Å². The molecule has 1 aliphatic heterocycles. The molecule has 0 aliphatic carbocycles. The quantitative estimate of drug-likeness (QED) is 0.824. The second-order valence-electron chi connectivity index (χ2n) is 6.21. The predicted octanol–water partition coefficient (Wildman–Crippen LogP) is 2.73. The van der Waals surface area contributed by atoms with Crippen LogP contribution in [0.1, 0.15) is 5.56 Å². The Morgan fingerprint density at radius 1 is 1.00 bits per heavy atom.